The molecule has 0 saturated carbocycles. The van der Waals surface area contributed by atoms with E-state index in [9.17, 15) is 0 Å². The topological polar surface area (TPSA) is 17.3 Å². The highest BCUT2D eigenvalue weighted by Crippen LogP contribution is 2.32. The minimum Gasteiger partial charge on any atom is -0.292 e. The first-order chi connectivity index (χ1) is 14.4. The van der Waals surface area contributed by atoms with Gasteiger partial charge in [-0.1, -0.05) is 84.9 Å². The van der Waals surface area contributed by atoms with E-state index in [1.165, 1.54) is 32.8 Å². The molecule has 0 unspecified atom stereocenters. The van der Waals surface area contributed by atoms with Gasteiger partial charge in [-0.15, -0.1) is 0 Å². The molecule has 0 aliphatic rings. The van der Waals surface area contributed by atoms with E-state index < -0.39 is 0 Å². The summed E-state index contributed by atoms with van der Waals surface area (Å²) in [5.74, 6) is 0. The molecule has 4 aromatic carbocycles. The molecule has 2 aromatic heterocycles. The van der Waals surface area contributed by atoms with Gasteiger partial charge in [-0.2, -0.15) is 0 Å². The van der Waals surface area contributed by atoms with Gasteiger partial charge in [0.1, 0.15) is 5.65 Å². The number of aromatic nitrogens is 2. The van der Waals surface area contributed by atoms with Gasteiger partial charge in [0.2, 0.25) is 0 Å². The molecule has 29 heavy (non-hydrogen) atoms. The zero-order valence-electron chi connectivity index (χ0n) is 15.8. The molecule has 0 aliphatic carbocycles. The Kier molecular flexibility index (Phi) is 3.50. The van der Waals surface area contributed by atoms with Crippen LogP contribution < -0.4 is 0 Å². The van der Waals surface area contributed by atoms with Gasteiger partial charge in [0.15, 0.2) is 0 Å². The first-order valence-electron chi connectivity index (χ1n) is 9.83. The predicted molar refractivity (Wildman–Crippen MR) is 123 cm³/mol. The van der Waals surface area contributed by atoms with Crippen LogP contribution in [-0.2, 0) is 0 Å². The monoisotopic (exact) mass is 370 g/mol. The lowest BCUT2D eigenvalue weighted by atomic mass is 10.0. The summed E-state index contributed by atoms with van der Waals surface area (Å²) >= 11 is 0. The maximum Gasteiger partial charge on any atom is 0.146 e. The molecule has 2 heterocycles. The minimum atomic E-state index is 1.02. The Morgan fingerprint density at radius 2 is 1.28 bits per heavy atom. The first kappa shape index (κ1) is 16.1. The van der Waals surface area contributed by atoms with Crippen molar-refractivity contribution >= 4 is 50.5 Å². The van der Waals surface area contributed by atoms with Gasteiger partial charge in [0.05, 0.1) is 16.6 Å². The van der Waals surface area contributed by atoms with E-state index >= 15 is 0 Å². The Labute approximate surface area is 168 Å². The van der Waals surface area contributed by atoms with Crippen LogP contribution in [0.15, 0.2) is 97.1 Å². The van der Waals surface area contributed by atoms with Crippen molar-refractivity contribution in [3.8, 4) is 0 Å². The van der Waals surface area contributed by atoms with Gasteiger partial charge in [0, 0.05) is 10.8 Å². The maximum atomic E-state index is 4.94. The number of imidazole rings is 1. The highest BCUT2D eigenvalue weighted by atomic mass is 15.0. The van der Waals surface area contributed by atoms with Gasteiger partial charge < -0.3 is 0 Å². The lowest BCUT2D eigenvalue weighted by Gasteiger charge is -2.10. The summed E-state index contributed by atoms with van der Waals surface area (Å²) < 4.78 is 2.29. The quantitative estimate of drug-likeness (QED) is 0.238. The number of para-hydroxylation sites is 2. The van der Waals surface area contributed by atoms with E-state index in [1.807, 2.05) is 12.1 Å². The van der Waals surface area contributed by atoms with Crippen LogP contribution in [0.4, 0.5) is 0 Å². The summed E-state index contributed by atoms with van der Waals surface area (Å²) in [5, 5.41) is 3.66. The normalized spacial score (nSPS) is 12.0. The zero-order valence-corrected chi connectivity index (χ0v) is 15.8. The lowest BCUT2D eigenvalue weighted by Crippen LogP contribution is -1.91. The highest BCUT2D eigenvalue weighted by Gasteiger charge is 2.13. The molecule has 6 aromatic rings. The van der Waals surface area contributed by atoms with Gasteiger partial charge in [-0.25, -0.2) is 4.98 Å². The van der Waals surface area contributed by atoms with Crippen molar-refractivity contribution in [3.63, 3.8) is 0 Å². The lowest BCUT2D eigenvalue weighted by molar-refractivity contribution is 1.31. The Morgan fingerprint density at radius 1 is 0.552 bits per heavy atom. The molecular weight excluding hydrogens is 352 g/mol. The standard InChI is InChI=1S/C27H18N2/c1-2-8-19(9-3-1)14-15-20-16-17-25-23(18-20)21-10-4-5-11-22(21)27-28-24-12-6-7-13-26(24)29(25)27/h1-18H. The summed E-state index contributed by atoms with van der Waals surface area (Å²) in [5.41, 5.74) is 6.76. The van der Waals surface area contributed by atoms with Crippen molar-refractivity contribution in [2.24, 2.45) is 0 Å². The number of pyridine rings is 1. The van der Waals surface area contributed by atoms with Crippen LogP contribution in [0.2, 0.25) is 0 Å². The van der Waals surface area contributed by atoms with E-state index in [2.05, 4.69) is 101 Å². The second kappa shape index (κ2) is 6.32. The molecule has 0 amide bonds. The van der Waals surface area contributed by atoms with Crippen LogP contribution in [-0.4, -0.2) is 9.38 Å². The summed E-state index contributed by atoms with van der Waals surface area (Å²) in [6.07, 6.45) is 4.34. The third-order valence-corrected chi connectivity index (χ3v) is 5.55. The molecule has 0 radical (unpaired) electrons. The minimum absolute atomic E-state index is 1.02. The van der Waals surface area contributed by atoms with Gasteiger partial charge in [-0.3, -0.25) is 4.40 Å². The molecule has 136 valence electrons. The van der Waals surface area contributed by atoms with Crippen LogP contribution in [0.25, 0.3) is 50.5 Å². The third-order valence-electron chi connectivity index (χ3n) is 5.55. The van der Waals surface area contributed by atoms with E-state index in [-0.39, 0.29) is 0 Å². The van der Waals surface area contributed by atoms with Crippen molar-refractivity contribution < 1.29 is 0 Å². The molecular formula is C27H18N2. The van der Waals surface area contributed by atoms with Crippen molar-refractivity contribution in [2.45, 2.75) is 0 Å². The van der Waals surface area contributed by atoms with Crippen molar-refractivity contribution in [1.82, 2.24) is 9.38 Å². The predicted octanol–water partition coefficient (Wildman–Crippen LogP) is 6.96. The van der Waals surface area contributed by atoms with E-state index in [0.717, 1.165) is 16.7 Å². The van der Waals surface area contributed by atoms with Gasteiger partial charge >= 0.3 is 0 Å². The number of fused-ring (bicyclic) bond motifs is 8. The van der Waals surface area contributed by atoms with Gasteiger partial charge in [0.25, 0.3) is 0 Å². The molecule has 0 aliphatic heterocycles. The third kappa shape index (κ3) is 2.54. The first-order valence-corrected chi connectivity index (χ1v) is 9.83. The number of rotatable bonds is 2. The fourth-order valence-electron chi connectivity index (χ4n) is 4.19. The van der Waals surface area contributed by atoms with Crippen LogP contribution in [0.1, 0.15) is 11.1 Å². The Balaban J connectivity index is 1.68. The summed E-state index contributed by atoms with van der Waals surface area (Å²) in [7, 11) is 0. The molecule has 2 nitrogen and oxygen atoms in total. The average Bonchev–Trinajstić information content (AvgIpc) is 3.18. The molecule has 0 bridgehead atoms. The fraction of sp³-hybridized carbons (Fsp3) is 0. The summed E-state index contributed by atoms with van der Waals surface area (Å²) in [6.45, 7) is 0. The van der Waals surface area contributed by atoms with Crippen LogP contribution >= 0.6 is 0 Å². The molecule has 0 saturated heterocycles. The molecule has 0 atom stereocenters. The summed E-state index contributed by atoms with van der Waals surface area (Å²) in [6, 6.07) is 34.0. The largest absolute Gasteiger partial charge is 0.292 e. The Morgan fingerprint density at radius 3 is 2.17 bits per heavy atom. The number of hydrogen-bond acceptors (Lipinski definition) is 1. The van der Waals surface area contributed by atoms with Crippen molar-refractivity contribution in [3.05, 3.63) is 108 Å². The highest BCUT2D eigenvalue weighted by molar-refractivity contribution is 6.14. The summed E-state index contributed by atoms with van der Waals surface area (Å²) in [4.78, 5) is 4.94. The van der Waals surface area contributed by atoms with E-state index in [0.29, 0.717) is 0 Å². The molecule has 0 spiro atoms. The zero-order chi connectivity index (χ0) is 19.2. The second-order valence-corrected chi connectivity index (χ2v) is 7.33. The Hall–Kier alpha value is -3.91. The van der Waals surface area contributed by atoms with Crippen molar-refractivity contribution in [2.75, 3.05) is 0 Å². The van der Waals surface area contributed by atoms with Crippen molar-refractivity contribution in [1.29, 1.82) is 0 Å². The number of nitrogens with zero attached hydrogens (tertiary/aromatic N) is 2. The Bertz CT molecular complexity index is 1540. The molecule has 0 N–H and O–H groups in total. The number of hydrogen-bond donors (Lipinski definition) is 0. The second-order valence-electron chi connectivity index (χ2n) is 7.33. The molecule has 2 heteroatoms. The van der Waals surface area contributed by atoms with Crippen LogP contribution in [0, 0.1) is 0 Å². The van der Waals surface area contributed by atoms with E-state index in [4.69, 9.17) is 4.98 Å². The smallest absolute Gasteiger partial charge is 0.146 e. The van der Waals surface area contributed by atoms with Gasteiger partial charge in [-0.05, 0) is 40.8 Å². The molecule has 0 fully saturated rings. The van der Waals surface area contributed by atoms with E-state index in [1.54, 1.807) is 0 Å². The molecule has 6 rings (SSSR count). The SMILES string of the molecule is C(=Cc1ccc2c(c1)c1ccccc1c1nc3ccccc3n21)c1ccccc1. The van der Waals surface area contributed by atoms with Crippen LogP contribution in [0.3, 0.4) is 0 Å². The maximum absolute atomic E-state index is 4.94. The number of benzene rings is 4. The fourth-order valence-corrected chi connectivity index (χ4v) is 4.19. The van der Waals surface area contributed by atoms with Crippen LogP contribution in [0.5, 0.6) is 0 Å². The average molecular weight is 370 g/mol.